The first-order valence-corrected chi connectivity index (χ1v) is 12.4. The number of aryl methyl sites for hydroxylation is 1. The zero-order valence-corrected chi connectivity index (χ0v) is 21.3. The number of ether oxygens (including phenoxy) is 1. The maximum atomic E-state index is 5.96. The molecule has 5 rings (SSSR count). The van der Waals surface area contributed by atoms with Crippen LogP contribution >= 0.6 is 0 Å². The van der Waals surface area contributed by atoms with Gasteiger partial charge < -0.3 is 15.0 Å². The second-order valence-electron chi connectivity index (χ2n) is 9.05. The van der Waals surface area contributed by atoms with Crippen molar-refractivity contribution in [1.29, 1.82) is 0 Å². The highest BCUT2D eigenvalue weighted by atomic mass is 16.5. The number of rotatable bonds is 10. The largest absolute Gasteiger partial charge is 0.487 e. The second kappa shape index (κ2) is 10.7. The van der Waals surface area contributed by atoms with E-state index in [2.05, 4.69) is 57.7 Å². The fourth-order valence-corrected chi connectivity index (χ4v) is 4.74. The Morgan fingerprint density at radius 2 is 1.97 bits per heavy atom. The SMILES string of the molecule is C=CCOc1cc(Nc2nc3c(c(N(C)CC=C)n2)CCC3c2ccccc2)ccc1-n1cnc(C)n1. The summed E-state index contributed by atoms with van der Waals surface area (Å²) in [4.78, 5) is 16.3. The summed E-state index contributed by atoms with van der Waals surface area (Å²) in [6.45, 7) is 10.6. The molecule has 0 bridgehead atoms. The Hall–Kier alpha value is -4.46. The van der Waals surface area contributed by atoms with Crippen LogP contribution in [0.4, 0.5) is 17.5 Å². The van der Waals surface area contributed by atoms with Gasteiger partial charge in [-0.25, -0.2) is 14.6 Å². The van der Waals surface area contributed by atoms with Crippen LogP contribution in [0.5, 0.6) is 5.75 Å². The van der Waals surface area contributed by atoms with E-state index in [9.17, 15) is 0 Å². The summed E-state index contributed by atoms with van der Waals surface area (Å²) in [5.74, 6) is 3.06. The number of anilines is 3. The Kier molecular flexibility index (Phi) is 6.98. The minimum absolute atomic E-state index is 0.236. The molecule has 4 aromatic rings. The van der Waals surface area contributed by atoms with Crippen molar-refractivity contribution in [3.05, 3.63) is 103 Å². The maximum Gasteiger partial charge on any atom is 0.229 e. The predicted octanol–water partition coefficient (Wildman–Crippen LogP) is 5.37. The van der Waals surface area contributed by atoms with E-state index in [0.29, 0.717) is 30.7 Å². The second-order valence-corrected chi connectivity index (χ2v) is 9.05. The zero-order chi connectivity index (χ0) is 25.8. The lowest BCUT2D eigenvalue weighted by atomic mass is 9.97. The van der Waals surface area contributed by atoms with Gasteiger partial charge in [-0.3, -0.25) is 0 Å². The van der Waals surface area contributed by atoms with Gasteiger partial charge in [-0.05, 0) is 37.5 Å². The van der Waals surface area contributed by atoms with Gasteiger partial charge in [-0.2, -0.15) is 10.1 Å². The third-order valence-corrected chi connectivity index (χ3v) is 6.42. The molecule has 188 valence electrons. The van der Waals surface area contributed by atoms with Gasteiger partial charge >= 0.3 is 0 Å². The van der Waals surface area contributed by atoms with E-state index in [1.807, 2.05) is 44.3 Å². The van der Waals surface area contributed by atoms with E-state index in [0.717, 1.165) is 35.7 Å². The molecule has 1 unspecified atom stereocenters. The van der Waals surface area contributed by atoms with Crippen LogP contribution in [0, 0.1) is 6.92 Å². The summed E-state index contributed by atoms with van der Waals surface area (Å²) >= 11 is 0. The topological polar surface area (TPSA) is 81.0 Å². The number of nitrogens with one attached hydrogen (secondary N) is 1. The monoisotopic (exact) mass is 493 g/mol. The first-order chi connectivity index (χ1) is 18.1. The summed E-state index contributed by atoms with van der Waals surface area (Å²) in [5, 5.41) is 7.85. The van der Waals surface area contributed by atoms with Gasteiger partial charge in [0, 0.05) is 36.8 Å². The molecule has 1 aliphatic carbocycles. The highest BCUT2D eigenvalue weighted by Crippen LogP contribution is 2.41. The fourth-order valence-electron chi connectivity index (χ4n) is 4.74. The Morgan fingerprint density at radius 3 is 2.70 bits per heavy atom. The van der Waals surface area contributed by atoms with E-state index in [4.69, 9.17) is 14.7 Å². The lowest BCUT2D eigenvalue weighted by molar-refractivity contribution is 0.361. The van der Waals surface area contributed by atoms with Crippen molar-refractivity contribution in [1.82, 2.24) is 24.7 Å². The average Bonchev–Trinajstić information content (AvgIpc) is 3.54. The third kappa shape index (κ3) is 5.09. The van der Waals surface area contributed by atoms with Crippen LogP contribution in [-0.4, -0.2) is 44.9 Å². The standard InChI is InChI=1S/C29H31N7O/c1-5-16-35(4)28-24-14-13-23(21-10-8-7-9-11-21)27(24)32-29(33-28)31-22-12-15-25(26(18-22)37-17-6-2)36-19-30-20(3)34-36/h5-12,15,18-19,23H,1-2,13-14,16-17H2,3-4H3,(H,31,32,33). The molecule has 0 aliphatic heterocycles. The summed E-state index contributed by atoms with van der Waals surface area (Å²) in [5.41, 5.74) is 5.16. The molecule has 8 heteroatoms. The molecule has 0 radical (unpaired) electrons. The van der Waals surface area contributed by atoms with Crippen molar-refractivity contribution in [2.75, 3.05) is 30.4 Å². The van der Waals surface area contributed by atoms with Crippen LogP contribution in [-0.2, 0) is 6.42 Å². The summed E-state index contributed by atoms with van der Waals surface area (Å²) in [7, 11) is 2.04. The van der Waals surface area contributed by atoms with Crippen molar-refractivity contribution >= 4 is 17.5 Å². The normalized spacial score (nSPS) is 14.2. The summed E-state index contributed by atoms with van der Waals surface area (Å²) in [6, 6.07) is 16.4. The molecule has 0 saturated heterocycles. The van der Waals surface area contributed by atoms with Crippen LogP contribution in [0.25, 0.3) is 5.69 Å². The number of benzene rings is 2. The molecular weight excluding hydrogens is 462 g/mol. The van der Waals surface area contributed by atoms with E-state index in [-0.39, 0.29) is 5.92 Å². The number of aromatic nitrogens is 5. The minimum atomic E-state index is 0.236. The van der Waals surface area contributed by atoms with Crippen LogP contribution in [0.3, 0.4) is 0 Å². The smallest absolute Gasteiger partial charge is 0.229 e. The number of nitrogens with zero attached hydrogens (tertiary/aromatic N) is 6. The Balaban J connectivity index is 1.53. The molecule has 1 aliphatic rings. The average molecular weight is 494 g/mol. The van der Waals surface area contributed by atoms with Crippen molar-refractivity contribution in [3.63, 3.8) is 0 Å². The molecule has 0 fully saturated rings. The minimum Gasteiger partial charge on any atom is -0.487 e. The van der Waals surface area contributed by atoms with E-state index >= 15 is 0 Å². The van der Waals surface area contributed by atoms with Crippen molar-refractivity contribution in [3.8, 4) is 11.4 Å². The van der Waals surface area contributed by atoms with E-state index in [1.165, 1.54) is 11.1 Å². The van der Waals surface area contributed by atoms with Crippen molar-refractivity contribution in [2.24, 2.45) is 0 Å². The Morgan fingerprint density at radius 1 is 1.14 bits per heavy atom. The predicted molar refractivity (Wildman–Crippen MR) is 147 cm³/mol. The van der Waals surface area contributed by atoms with E-state index in [1.54, 1.807) is 17.1 Å². The van der Waals surface area contributed by atoms with Gasteiger partial charge in [-0.15, -0.1) is 6.58 Å². The lowest BCUT2D eigenvalue weighted by Gasteiger charge is -2.21. The fraction of sp³-hybridized carbons (Fsp3) is 0.241. The van der Waals surface area contributed by atoms with Crippen molar-refractivity contribution in [2.45, 2.75) is 25.7 Å². The van der Waals surface area contributed by atoms with Gasteiger partial charge in [0.2, 0.25) is 5.95 Å². The lowest BCUT2D eigenvalue weighted by Crippen LogP contribution is -2.21. The van der Waals surface area contributed by atoms with Gasteiger partial charge in [0.1, 0.15) is 36.0 Å². The molecule has 2 aromatic heterocycles. The number of fused-ring (bicyclic) bond motifs is 1. The first kappa shape index (κ1) is 24.2. The summed E-state index contributed by atoms with van der Waals surface area (Å²) < 4.78 is 7.67. The Labute approximate surface area is 217 Å². The molecule has 1 atom stereocenters. The highest BCUT2D eigenvalue weighted by molar-refractivity contribution is 5.64. The van der Waals surface area contributed by atoms with Gasteiger partial charge in [0.05, 0.1) is 5.69 Å². The third-order valence-electron chi connectivity index (χ3n) is 6.42. The van der Waals surface area contributed by atoms with Crippen LogP contribution in [0.2, 0.25) is 0 Å². The molecule has 2 aromatic carbocycles. The molecule has 0 saturated carbocycles. The van der Waals surface area contributed by atoms with Gasteiger partial charge in [-0.1, -0.05) is 49.1 Å². The number of hydrogen-bond acceptors (Lipinski definition) is 7. The molecule has 1 N–H and O–H groups in total. The van der Waals surface area contributed by atoms with Crippen LogP contribution in [0.1, 0.15) is 35.0 Å². The summed E-state index contributed by atoms with van der Waals surface area (Å²) in [6.07, 6.45) is 7.23. The quantitative estimate of drug-likeness (QED) is 0.297. The first-order valence-electron chi connectivity index (χ1n) is 12.4. The van der Waals surface area contributed by atoms with Gasteiger partial charge in [0.15, 0.2) is 0 Å². The molecule has 2 heterocycles. The number of likely N-dealkylation sites (N-methyl/N-ethyl adjacent to an activating group) is 1. The highest BCUT2D eigenvalue weighted by Gasteiger charge is 2.30. The van der Waals surface area contributed by atoms with Crippen LogP contribution in [0.15, 0.2) is 80.2 Å². The Bertz CT molecular complexity index is 1410. The number of hydrogen-bond donors (Lipinski definition) is 1. The molecule has 0 spiro atoms. The zero-order valence-electron chi connectivity index (χ0n) is 21.3. The maximum absolute atomic E-state index is 5.96. The molecule has 8 nitrogen and oxygen atoms in total. The molecule has 0 amide bonds. The molecule has 37 heavy (non-hydrogen) atoms. The van der Waals surface area contributed by atoms with Crippen LogP contribution < -0.4 is 15.0 Å². The molecular formula is C29H31N7O. The van der Waals surface area contributed by atoms with Crippen molar-refractivity contribution < 1.29 is 4.74 Å². The van der Waals surface area contributed by atoms with E-state index < -0.39 is 0 Å². The van der Waals surface area contributed by atoms with Gasteiger partial charge in [0.25, 0.3) is 0 Å².